The Morgan fingerprint density at radius 2 is 2.18 bits per heavy atom. The molecule has 0 fully saturated rings. The Balaban J connectivity index is 2.57. The molecule has 4 nitrogen and oxygen atoms in total. The van der Waals surface area contributed by atoms with Gasteiger partial charge in [-0.3, -0.25) is 4.98 Å². The molecule has 1 aromatic rings. The van der Waals surface area contributed by atoms with Crippen molar-refractivity contribution >= 4 is 6.72 Å². The highest BCUT2D eigenvalue weighted by Crippen LogP contribution is 1.98. The molecule has 58 valence electrons. The normalized spacial score (nSPS) is 9.18. The van der Waals surface area contributed by atoms with Gasteiger partial charge < -0.3 is 0 Å². The van der Waals surface area contributed by atoms with Gasteiger partial charge in [0.1, 0.15) is 0 Å². The van der Waals surface area contributed by atoms with Gasteiger partial charge in [0, 0.05) is 19.1 Å². The van der Waals surface area contributed by atoms with E-state index in [0.29, 0.717) is 6.54 Å². The zero-order valence-corrected chi connectivity index (χ0v) is 6.14. The van der Waals surface area contributed by atoms with Crippen LogP contribution in [0.4, 0.5) is 0 Å². The van der Waals surface area contributed by atoms with E-state index >= 15 is 0 Å². The molecule has 0 saturated heterocycles. The Morgan fingerprint density at radius 3 is 2.73 bits per heavy atom. The third-order valence-corrected chi connectivity index (χ3v) is 1.28. The maximum Gasteiger partial charge on any atom is 0.0781 e. The SMILES string of the molecule is C=NN(N)Cc1ccncc1. The van der Waals surface area contributed by atoms with Crippen LogP contribution in [0.1, 0.15) is 5.56 Å². The summed E-state index contributed by atoms with van der Waals surface area (Å²) in [7, 11) is 0. The van der Waals surface area contributed by atoms with Gasteiger partial charge in [-0.05, 0) is 17.7 Å². The predicted molar refractivity (Wildman–Crippen MR) is 43.5 cm³/mol. The van der Waals surface area contributed by atoms with Crippen molar-refractivity contribution in [2.24, 2.45) is 10.9 Å². The second-order valence-electron chi connectivity index (χ2n) is 2.09. The fourth-order valence-electron chi connectivity index (χ4n) is 0.725. The second-order valence-corrected chi connectivity index (χ2v) is 2.09. The molecule has 0 aliphatic carbocycles. The molecular formula is C7H10N4. The molecule has 0 radical (unpaired) electrons. The first-order valence-corrected chi connectivity index (χ1v) is 3.20. The minimum absolute atomic E-state index is 0.562. The maximum absolute atomic E-state index is 5.39. The topological polar surface area (TPSA) is 54.5 Å². The van der Waals surface area contributed by atoms with Crippen LogP contribution in [0.5, 0.6) is 0 Å². The minimum Gasteiger partial charge on any atom is -0.265 e. The molecule has 11 heavy (non-hydrogen) atoms. The Kier molecular flexibility index (Phi) is 2.57. The number of nitrogens with zero attached hydrogens (tertiary/aromatic N) is 3. The van der Waals surface area contributed by atoms with Crippen molar-refractivity contribution in [1.82, 2.24) is 10.1 Å². The second kappa shape index (κ2) is 3.68. The van der Waals surface area contributed by atoms with E-state index in [1.165, 1.54) is 5.12 Å². The molecule has 0 amide bonds. The summed E-state index contributed by atoms with van der Waals surface area (Å²) in [5.74, 6) is 5.39. The van der Waals surface area contributed by atoms with Gasteiger partial charge in [0.15, 0.2) is 0 Å². The third-order valence-electron chi connectivity index (χ3n) is 1.28. The van der Waals surface area contributed by atoms with E-state index in [2.05, 4.69) is 16.8 Å². The van der Waals surface area contributed by atoms with Crippen molar-refractivity contribution in [3.05, 3.63) is 30.1 Å². The Hall–Kier alpha value is -1.42. The van der Waals surface area contributed by atoms with Crippen LogP contribution in [0.3, 0.4) is 0 Å². The van der Waals surface area contributed by atoms with Gasteiger partial charge in [-0.1, -0.05) is 0 Å². The summed E-state index contributed by atoms with van der Waals surface area (Å²) in [5.41, 5.74) is 1.06. The van der Waals surface area contributed by atoms with Crippen LogP contribution in [0.25, 0.3) is 0 Å². The van der Waals surface area contributed by atoms with Crippen LogP contribution in [0, 0.1) is 0 Å². The Morgan fingerprint density at radius 1 is 1.55 bits per heavy atom. The van der Waals surface area contributed by atoms with E-state index in [9.17, 15) is 0 Å². The Bertz CT molecular complexity index is 221. The van der Waals surface area contributed by atoms with E-state index in [4.69, 9.17) is 5.84 Å². The number of rotatable bonds is 3. The molecule has 1 heterocycles. The number of hydrogen-bond acceptors (Lipinski definition) is 4. The highest BCUT2D eigenvalue weighted by atomic mass is 15.6. The lowest BCUT2D eigenvalue weighted by Crippen LogP contribution is -2.23. The summed E-state index contributed by atoms with van der Waals surface area (Å²) < 4.78 is 0. The van der Waals surface area contributed by atoms with Gasteiger partial charge in [-0.25, -0.2) is 11.0 Å². The number of hydrazine groups is 1. The maximum atomic E-state index is 5.39. The summed E-state index contributed by atoms with van der Waals surface area (Å²) in [6, 6.07) is 3.76. The summed E-state index contributed by atoms with van der Waals surface area (Å²) >= 11 is 0. The monoisotopic (exact) mass is 150 g/mol. The molecule has 0 bridgehead atoms. The zero-order valence-electron chi connectivity index (χ0n) is 6.14. The van der Waals surface area contributed by atoms with Crippen molar-refractivity contribution in [3.8, 4) is 0 Å². The van der Waals surface area contributed by atoms with Gasteiger partial charge >= 0.3 is 0 Å². The van der Waals surface area contributed by atoms with Crippen molar-refractivity contribution in [1.29, 1.82) is 0 Å². The molecule has 0 spiro atoms. The highest BCUT2D eigenvalue weighted by molar-refractivity contribution is 5.22. The van der Waals surface area contributed by atoms with E-state index < -0.39 is 0 Å². The molecule has 0 atom stereocenters. The molecule has 0 saturated carbocycles. The van der Waals surface area contributed by atoms with Gasteiger partial charge in [-0.15, -0.1) is 0 Å². The fraction of sp³-hybridized carbons (Fsp3) is 0.143. The number of hydrazone groups is 1. The first-order chi connectivity index (χ1) is 5.33. The van der Waals surface area contributed by atoms with Crippen LogP contribution in [0.15, 0.2) is 29.6 Å². The highest BCUT2D eigenvalue weighted by Gasteiger charge is 1.93. The van der Waals surface area contributed by atoms with E-state index in [1.807, 2.05) is 12.1 Å². The van der Waals surface area contributed by atoms with Crippen molar-refractivity contribution < 1.29 is 0 Å². The molecule has 0 aromatic carbocycles. The summed E-state index contributed by atoms with van der Waals surface area (Å²) in [5, 5.41) is 4.80. The van der Waals surface area contributed by atoms with Gasteiger partial charge in [-0.2, -0.15) is 5.10 Å². The summed E-state index contributed by atoms with van der Waals surface area (Å²) in [6.45, 7) is 3.85. The minimum atomic E-state index is 0.562. The number of hydrogen-bond donors (Lipinski definition) is 1. The first-order valence-electron chi connectivity index (χ1n) is 3.20. The standard InChI is InChI=1S/C7H10N4/c1-9-11(8)6-7-2-4-10-5-3-7/h2-5H,1,6,8H2. The van der Waals surface area contributed by atoms with E-state index in [1.54, 1.807) is 12.4 Å². The van der Waals surface area contributed by atoms with Crippen LogP contribution < -0.4 is 5.84 Å². The molecule has 0 aliphatic rings. The third kappa shape index (κ3) is 2.35. The van der Waals surface area contributed by atoms with Crippen LogP contribution in [-0.4, -0.2) is 16.8 Å². The predicted octanol–water partition coefficient (Wildman–Crippen LogP) is 0.373. The number of nitrogens with two attached hydrogens (primary N) is 1. The Labute approximate surface area is 65.3 Å². The van der Waals surface area contributed by atoms with Crippen molar-refractivity contribution in [2.75, 3.05) is 0 Å². The molecule has 1 aromatic heterocycles. The molecule has 2 N–H and O–H groups in total. The van der Waals surface area contributed by atoms with Gasteiger partial charge in [0.05, 0.1) is 6.54 Å². The van der Waals surface area contributed by atoms with Gasteiger partial charge in [0.2, 0.25) is 0 Å². The lowest BCUT2D eigenvalue weighted by molar-refractivity contribution is 0.293. The lowest BCUT2D eigenvalue weighted by atomic mass is 10.3. The van der Waals surface area contributed by atoms with E-state index in [-0.39, 0.29) is 0 Å². The van der Waals surface area contributed by atoms with Gasteiger partial charge in [0.25, 0.3) is 0 Å². The largest absolute Gasteiger partial charge is 0.265 e. The number of aromatic nitrogens is 1. The molecule has 1 rings (SSSR count). The zero-order chi connectivity index (χ0) is 8.10. The van der Waals surface area contributed by atoms with E-state index in [0.717, 1.165) is 5.56 Å². The smallest absolute Gasteiger partial charge is 0.0781 e. The quantitative estimate of drug-likeness (QED) is 0.385. The average molecular weight is 150 g/mol. The van der Waals surface area contributed by atoms with Crippen LogP contribution in [0.2, 0.25) is 0 Å². The van der Waals surface area contributed by atoms with Crippen molar-refractivity contribution in [2.45, 2.75) is 6.54 Å². The molecule has 4 heteroatoms. The summed E-state index contributed by atoms with van der Waals surface area (Å²) in [4.78, 5) is 3.87. The average Bonchev–Trinajstić information content (AvgIpc) is 2.06. The van der Waals surface area contributed by atoms with Crippen LogP contribution >= 0.6 is 0 Å². The molecule has 0 aliphatic heterocycles. The number of pyridine rings is 1. The van der Waals surface area contributed by atoms with Crippen LogP contribution in [-0.2, 0) is 6.54 Å². The lowest BCUT2D eigenvalue weighted by Gasteiger charge is -2.09. The first kappa shape index (κ1) is 7.68. The molecule has 0 unspecified atom stereocenters. The van der Waals surface area contributed by atoms with Crippen molar-refractivity contribution in [3.63, 3.8) is 0 Å². The fourth-order valence-corrected chi connectivity index (χ4v) is 0.725. The molecular weight excluding hydrogens is 140 g/mol. The summed E-state index contributed by atoms with van der Waals surface area (Å²) in [6.07, 6.45) is 3.43.